The maximum Gasteiger partial charge on any atom is 0.328 e. The van der Waals surface area contributed by atoms with E-state index < -0.39 is 0 Å². The lowest BCUT2D eigenvalue weighted by Crippen LogP contribution is -2.36. The van der Waals surface area contributed by atoms with Crippen molar-refractivity contribution in [2.24, 2.45) is 0 Å². The van der Waals surface area contributed by atoms with E-state index in [1.54, 1.807) is 24.3 Å². The van der Waals surface area contributed by atoms with E-state index in [0.29, 0.717) is 23.2 Å². The summed E-state index contributed by atoms with van der Waals surface area (Å²) in [6.45, 7) is 6.22. The van der Waals surface area contributed by atoms with Crippen molar-refractivity contribution < 1.29 is 4.79 Å². The third kappa shape index (κ3) is 4.79. The minimum absolute atomic E-state index is 0.181. The molecule has 7 nitrogen and oxygen atoms in total. The quantitative estimate of drug-likeness (QED) is 0.875. The normalized spacial score (nSPS) is 10.5. The van der Waals surface area contributed by atoms with Crippen LogP contribution in [-0.4, -0.2) is 33.6 Å². The number of rotatable bonds is 5. The molecule has 2 amide bonds. The summed E-state index contributed by atoms with van der Waals surface area (Å²) in [5, 5.41) is 6.41. The molecule has 23 heavy (non-hydrogen) atoms. The van der Waals surface area contributed by atoms with Crippen LogP contribution in [0.3, 0.4) is 0 Å². The topological polar surface area (TPSA) is 83.0 Å². The summed E-state index contributed by atoms with van der Waals surface area (Å²) in [5.41, 5.74) is 0.607. The lowest BCUT2D eigenvalue weighted by Gasteiger charge is -2.20. The summed E-state index contributed by atoms with van der Waals surface area (Å²) in [4.78, 5) is 26.3. The summed E-state index contributed by atoms with van der Waals surface area (Å²) < 4.78 is 0. The van der Waals surface area contributed by atoms with Gasteiger partial charge in [0, 0.05) is 23.3 Å². The molecule has 122 valence electrons. The lowest BCUT2D eigenvalue weighted by atomic mass is 10.3. The Hall–Kier alpha value is -2.41. The standard InChI is InChI=1S/C15H19ClN6O/c1-4-22(14-18-9-17-13(21-14)19-10(2)3)15(23)20-12-7-5-6-11(16)8-12/h5-10H,4H2,1-3H3,(H,20,23)(H,17,18,19,21). The van der Waals surface area contributed by atoms with Gasteiger partial charge in [0.2, 0.25) is 11.9 Å². The number of hydrogen-bond acceptors (Lipinski definition) is 5. The Balaban J connectivity index is 2.16. The van der Waals surface area contributed by atoms with Crippen LogP contribution in [0.15, 0.2) is 30.6 Å². The Morgan fingerprint density at radius 2 is 2.13 bits per heavy atom. The van der Waals surface area contributed by atoms with Gasteiger partial charge in [-0.1, -0.05) is 17.7 Å². The summed E-state index contributed by atoms with van der Waals surface area (Å²) in [6, 6.07) is 6.78. The number of urea groups is 1. The fourth-order valence-electron chi connectivity index (χ4n) is 1.88. The molecular weight excluding hydrogens is 316 g/mol. The van der Waals surface area contributed by atoms with Gasteiger partial charge in [-0.3, -0.25) is 4.90 Å². The van der Waals surface area contributed by atoms with Crippen LogP contribution < -0.4 is 15.5 Å². The molecule has 0 spiro atoms. The van der Waals surface area contributed by atoms with Gasteiger partial charge in [-0.15, -0.1) is 0 Å². The number of amides is 2. The zero-order chi connectivity index (χ0) is 16.8. The average Bonchev–Trinajstić information content (AvgIpc) is 2.47. The van der Waals surface area contributed by atoms with Gasteiger partial charge in [0.1, 0.15) is 6.33 Å². The number of nitrogens with one attached hydrogen (secondary N) is 2. The molecule has 0 radical (unpaired) electrons. The molecule has 0 fully saturated rings. The first-order valence-electron chi connectivity index (χ1n) is 7.29. The van der Waals surface area contributed by atoms with Crippen LogP contribution >= 0.6 is 11.6 Å². The van der Waals surface area contributed by atoms with E-state index in [2.05, 4.69) is 25.6 Å². The molecular formula is C15H19ClN6O. The Labute approximate surface area is 140 Å². The molecule has 2 rings (SSSR count). The van der Waals surface area contributed by atoms with Crippen LogP contribution in [0.5, 0.6) is 0 Å². The number of carbonyl (C=O) groups excluding carboxylic acids is 1. The highest BCUT2D eigenvalue weighted by Crippen LogP contribution is 2.17. The Bertz CT molecular complexity index is 679. The minimum Gasteiger partial charge on any atom is -0.352 e. The number of aromatic nitrogens is 3. The highest BCUT2D eigenvalue weighted by molar-refractivity contribution is 6.30. The molecule has 2 aromatic rings. The molecule has 0 bridgehead atoms. The molecule has 1 aromatic heterocycles. The van der Waals surface area contributed by atoms with Crippen molar-refractivity contribution >= 4 is 35.2 Å². The maximum atomic E-state index is 12.4. The van der Waals surface area contributed by atoms with E-state index in [1.807, 2.05) is 20.8 Å². The molecule has 0 unspecified atom stereocenters. The Kier molecular flexibility index (Phi) is 5.70. The van der Waals surface area contributed by atoms with Crippen molar-refractivity contribution in [2.75, 3.05) is 22.1 Å². The predicted octanol–water partition coefficient (Wildman–Crippen LogP) is 3.40. The molecule has 0 aliphatic carbocycles. The highest BCUT2D eigenvalue weighted by Gasteiger charge is 2.17. The third-order valence-electron chi connectivity index (χ3n) is 2.86. The van der Waals surface area contributed by atoms with Crippen LogP contribution in [0.4, 0.5) is 22.4 Å². The van der Waals surface area contributed by atoms with Gasteiger partial charge in [-0.2, -0.15) is 4.98 Å². The zero-order valence-corrected chi connectivity index (χ0v) is 14.0. The van der Waals surface area contributed by atoms with Crippen LogP contribution in [0.25, 0.3) is 0 Å². The largest absolute Gasteiger partial charge is 0.352 e. The molecule has 1 heterocycles. The van der Waals surface area contributed by atoms with Crippen molar-refractivity contribution in [3.63, 3.8) is 0 Å². The number of halogens is 1. The molecule has 2 N–H and O–H groups in total. The van der Waals surface area contributed by atoms with Crippen LogP contribution in [0.2, 0.25) is 5.02 Å². The maximum absolute atomic E-state index is 12.4. The van der Waals surface area contributed by atoms with E-state index in [1.165, 1.54) is 11.2 Å². The van der Waals surface area contributed by atoms with Gasteiger partial charge < -0.3 is 10.6 Å². The first-order chi connectivity index (χ1) is 11.0. The molecule has 0 saturated carbocycles. The van der Waals surface area contributed by atoms with Crippen LogP contribution in [0.1, 0.15) is 20.8 Å². The van der Waals surface area contributed by atoms with E-state index in [9.17, 15) is 4.79 Å². The fraction of sp³-hybridized carbons (Fsp3) is 0.333. The molecule has 0 aliphatic heterocycles. The van der Waals surface area contributed by atoms with Gasteiger partial charge >= 0.3 is 6.03 Å². The second-order valence-corrected chi connectivity index (χ2v) is 5.53. The summed E-state index contributed by atoms with van der Waals surface area (Å²) in [7, 11) is 0. The SMILES string of the molecule is CCN(C(=O)Nc1cccc(Cl)c1)c1ncnc(NC(C)C)n1. The predicted molar refractivity (Wildman–Crippen MR) is 92.1 cm³/mol. The van der Waals surface area contributed by atoms with Gasteiger partial charge in [0.05, 0.1) is 0 Å². The fourth-order valence-corrected chi connectivity index (χ4v) is 2.07. The van der Waals surface area contributed by atoms with Gasteiger partial charge in [0.25, 0.3) is 0 Å². The average molecular weight is 335 g/mol. The molecule has 0 aliphatic rings. The van der Waals surface area contributed by atoms with Crippen molar-refractivity contribution in [1.29, 1.82) is 0 Å². The number of benzene rings is 1. The van der Waals surface area contributed by atoms with E-state index in [4.69, 9.17) is 11.6 Å². The summed E-state index contributed by atoms with van der Waals surface area (Å²) in [5.74, 6) is 0.712. The van der Waals surface area contributed by atoms with Gasteiger partial charge in [-0.25, -0.2) is 14.8 Å². The van der Waals surface area contributed by atoms with E-state index in [0.717, 1.165) is 0 Å². The van der Waals surface area contributed by atoms with Crippen molar-refractivity contribution in [2.45, 2.75) is 26.8 Å². The van der Waals surface area contributed by atoms with Crippen molar-refractivity contribution in [1.82, 2.24) is 15.0 Å². The van der Waals surface area contributed by atoms with Crippen molar-refractivity contribution in [3.05, 3.63) is 35.6 Å². The first kappa shape index (κ1) is 17.0. The first-order valence-corrected chi connectivity index (χ1v) is 7.67. The number of hydrogen-bond donors (Lipinski definition) is 2. The monoisotopic (exact) mass is 334 g/mol. The minimum atomic E-state index is -0.337. The summed E-state index contributed by atoms with van der Waals surface area (Å²) >= 11 is 5.92. The van der Waals surface area contributed by atoms with Crippen LogP contribution in [-0.2, 0) is 0 Å². The molecule has 1 aromatic carbocycles. The second-order valence-electron chi connectivity index (χ2n) is 5.09. The molecule has 0 atom stereocenters. The second kappa shape index (κ2) is 7.73. The zero-order valence-electron chi connectivity index (χ0n) is 13.2. The van der Waals surface area contributed by atoms with Crippen molar-refractivity contribution in [3.8, 4) is 0 Å². The smallest absolute Gasteiger partial charge is 0.328 e. The van der Waals surface area contributed by atoms with E-state index >= 15 is 0 Å². The summed E-state index contributed by atoms with van der Waals surface area (Å²) in [6.07, 6.45) is 1.38. The Morgan fingerprint density at radius 3 is 2.78 bits per heavy atom. The molecule has 0 saturated heterocycles. The lowest BCUT2D eigenvalue weighted by molar-refractivity contribution is 0.257. The number of nitrogens with zero attached hydrogens (tertiary/aromatic N) is 4. The molecule has 8 heteroatoms. The Morgan fingerprint density at radius 1 is 1.35 bits per heavy atom. The van der Waals surface area contributed by atoms with Gasteiger partial charge in [0.15, 0.2) is 0 Å². The highest BCUT2D eigenvalue weighted by atomic mass is 35.5. The number of anilines is 3. The van der Waals surface area contributed by atoms with Crippen LogP contribution in [0, 0.1) is 0 Å². The van der Waals surface area contributed by atoms with E-state index in [-0.39, 0.29) is 18.0 Å². The third-order valence-corrected chi connectivity index (χ3v) is 3.09. The number of carbonyl (C=O) groups is 1. The van der Waals surface area contributed by atoms with Gasteiger partial charge in [-0.05, 0) is 39.0 Å².